The van der Waals surface area contributed by atoms with Gasteiger partial charge in [0.05, 0.1) is 23.8 Å². The highest BCUT2D eigenvalue weighted by molar-refractivity contribution is 6.02. The predicted molar refractivity (Wildman–Crippen MR) is 110 cm³/mol. The fraction of sp³-hybridized carbons (Fsp3) is 0.458. The van der Waals surface area contributed by atoms with Crippen LogP contribution in [-0.2, 0) is 13.0 Å². The average Bonchev–Trinajstić information content (AvgIpc) is 3.13. The molecule has 4 nitrogen and oxygen atoms in total. The Balaban J connectivity index is 1.47. The molecule has 0 amide bonds. The maximum atomic E-state index is 13.3. The summed E-state index contributed by atoms with van der Waals surface area (Å²) in [5, 5.41) is 0. The van der Waals surface area contributed by atoms with Crippen molar-refractivity contribution in [2.45, 2.75) is 32.2 Å². The number of carbonyl (C=O) groups excluding carboxylic acids is 1. The molecular weight excluding hydrogens is 350 g/mol. The number of nitrogens with zero attached hydrogens (tertiary/aromatic N) is 1. The molecule has 28 heavy (non-hydrogen) atoms. The molecule has 0 radical (unpaired) electrons. The zero-order chi connectivity index (χ0) is 26.5. The van der Waals surface area contributed by atoms with Crippen LogP contribution in [0.4, 0.5) is 0 Å². The Labute approximate surface area is 178 Å². The molecule has 0 saturated carbocycles. The first-order chi connectivity index (χ1) is 16.9. The van der Waals surface area contributed by atoms with E-state index in [1.165, 1.54) is 14.2 Å². The van der Waals surface area contributed by atoms with Gasteiger partial charge < -0.3 is 9.47 Å². The summed E-state index contributed by atoms with van der Waals surface area (Å²) < 4.78 is 76.1. The first kappa shape index (κ1) is 11.6. The van der Waals surface area contributed by atoms with Gasteiger partial charge in [0.15, 0.2) is 17.3 Å². The minimum atomic E-state index is -1.47. The summed E-state index contributed by atoms with van der Waals surface area (Å²) in [6, 6.07) is -1.63. The van der Waals surface area contributed by atoms with Crippen molar-refractivity contribution < 1.29 is 25.2 Å². The van der Waals surface area contributed by atoms with Crippen molar-refractivity contribution in [2.75, 3.05) is 27.3 Å². The molecule has 2 aromatic rings. The molecule has 1 aliphatic carbocycles. The van der Waals surface area contributed by atoms with Crippen LogP contribution in [0.5, 0.6) is 11.5 Å². The number of hydrogen-bond acceptors (Lipinski definition) is 4. The summed E-state index contributed by atoms with van der Waals surface area (Å²) in [6.45, 7) is 1.46. The third-order valence-electron chi connectivity index (χ3n) is 5.53. The van der Waals surface area contributed by atoms with E-state index in [2.05, 4.69) is 0 Å². The maximum Gasteiger partial charge on any atom is 0.166 e. The van der Waals surface area contributed by atoms with Crippen molar-refractivity contribution in [1.29, 1.82) is 0 Å². The van der Waals surface area contributed by atoms with E-state index in [1.54, 1.807) is 0 Å². The number of fused-ring (bicyclic) bond motifs is 1. The quantitative estimate of drug-likeness (QED) is 0.738. The lowest BCUT2D eigenvalue weighted by atomic mass is 9.85. The lowest BCUT2D eigenvalue weighted by Crippen LogP contribution is -2.34. The third kappa shape index (κ3) is 3.93. The van der Waals surface area contributed by atoms with Gasteiger partial charge in [-0.3, -0.25) is 9.69 Å². The van der Waals surface area contributed by atoms with Crippen LogP contribution in [0.1, 0.15) is 51.7 Å². The van der Waals surface area contributed by atoms with Crippen molar-refractivity contribution in [3.05, 3.63) is 59.0 Å². The molecule has 1 unspecified atom stereocenters. The van der Waals surface area contributed by atoms with Crippen molar-refractivity contribution in [3.63, 3.8) is 0 Å². The lowest BCUT2D eigenvalue weighted by Gasteiger charge is -2.32. The molecule has 2 aliphatic rings. The Kier molecular flexibility index (Phi) is 3.47. The molecular formula is C24H29NO3. The second-order valence-electron chi connectivity index (χ2n) is 7.31. The van der Waals surface area contributed by atoms with E-state index >= 15 is 0 Å². The molecule has 148 valence electrons. The van der Waals surface area contributed by atoms with Crippen LogP contribution in [0, 0.1) is 11.8 Å². The van der Waals surface area contributed by atoms with E-state index < -0.39 is 17.7 Å². The average molecular weight is 388 g/mol. The molecule has 4 heteroatoms. The smallest absolute Gasteiger partial charge is 0.166 e. The van der Waals surface area contributed by atoms with E-state index in [9.17, 15) is 4.79 Å². The lowest BCUT2D eigenvalue weighted by molar-refractivity contribution is 0.0895. The molecule has 1 atom stereocenters. The molecule has 1 saturated heterocycles. The van der Waals surface area contributed by atoms with Crippen molar-refractivity contribution in [1.82, 2.24) is 4.90 Å². The molecule has 2 aromatic carbocycles. The Morgan fingerprint density at radius 2 is 1.79 bits per heavy atom. The number of Topliss-reactive ketones (excluding diaryl/α,β-unsaturated/α-hetero) is 1. The van der Waals surface area contributed by atoms with Crippen molar-refractivity contribution >= 4 is 5.78 Å². The number of hydrogen-bond donors (Lipinski definition) is 0. The first-order valence-electron chi connectivity index (χ1n) is 13.5. The van der Waals surface area contributed by atoms with Gasteiger partial charge >= 0.3 is 0 Å². The predicted octanol–water partition coefficient (Wildman–Crippen LogP) is 4.36. The van der Waals surface area contributed by atoms with E-state index in [0.29, 0.717) is 37.9 Å². The van der Waals surface area contributed by atoms with Crippen LogP contribution < -0.4 is 9.47 Å². The van der Waals surface area contributed by atoms with Crippen LogP contribution >= 0.6 is 0 Å². The standard InChI is InChI=1S/C24H29NO3/c1-27-22-14-19-13-20(24(26)21(19)15-23(22)28-2)12-17-8-10-25(11-9-17)16-18-6-4-3-5-7-18/h3-7,14-15,17,20H,8-13,16H2,1-2H3/i3D,4D,5D,6D,7D,14D,15D,20D. The number of ketones is 1. The van der Waals surface area contributed by atoms with E-state index in [0.717, 1.165) is 0 Å². The molecule has 1 heterocycles. The Morgan fingerprint density at radius 1 is 1.11 bits per heavy atom. The molecule has 1 fully saturated rings. The summed E-state index contributed by atoms with van der Waals surface area (Å²) in [4.78, 5) is 15.3. The molecule has 4 rings (SSSR count). The Bertz CT molecular complexity index is 1200. The van der Waals surface area contributed by atoms with E-state index in [1.807, 2.05) is 4.90 Å². The molecule has 0 bridgehead atoms. The van der Waals surface area contributed by atoms with Gasteiger partial charge in [-0.1, -0.05) is 30.2 Å². The Hall–Kier alpha value is -2.33. The fourth-order valence-corrected chi connectivity index (χ4v) is 4.03. The van der Waals surface area contributed by atoms with Gasteiger partial charge in [0, 0.05) is 19.4 Å². The van der Waals surface area contributed by atoms with Gasteiger partial charge in [0.25, 0.3) is 0 Å². The van der Waals surface area contributed by atoms with Gasteiger partial charge in [-0.05, 0) is 67.9 Å². The van der Waals surface area contributed by atoms with Gasteiger partial charge in [0.1, 0.15) is 0 Å². The minimum Gasteiger partial charge on any atom is -0.493 e. The number of ether oxygens (including phenoxy) is 2. The van der Waals surface area contributed by atoms with E-state index in [-0.39, 0.29) is 77.8 Å². The number of rotatable bonds is 6. The first-order valence-corrected chi connectivity index (χ1v) is 9.52. The fourth-order valence-electron chi connectivity index (χ4n) is 4.03. The van der Waals surface area contributed by atoms with Crippen LogP contribution in [-0.4, -0.2) is 38.0 Å². The monoisotopic (exact) mass is 387 g/mol. The Morgan fingerprint density at radius 3 is 2.46 bits per heavy atom. The summed E-state index contributed by atoms with van der Waals surface area (Å²) in [5.74, 6) is -1.73. The van der Waals surface area contributed by atoms with Gasteiger partial charge in [-0.25, -0.2) is 0 Å². The normalized spacial score (nSPS) is 26.9. The van der Waals surface area contributed by atoms with Crippen LogP contribution in [0.15, 0.2) is 42.3 Å². The second-order valence-corrected chi connectivity index (χ2v) is 7.31. The van der Waals surface area contributed by atoms with Crippen molar-refractivity contribution in [3.8, 4) is 11.5 Å². The SMILES string of the molecule is [2H]c1c([2H])c([2H])c(CN2CCC(CC3([2H])Cc4c([2H])c(OC)c(OC)c([2H])c4C3=O)CC2)c([2H])c1[2H]. The highest BCUT2D eigenvalue weighted by atomic mass is 16.5. The molecule has 0 spiro atoms. The summed E-state index contributed by atoms with van der Waals surface area (Å²) in [5.41, 5.74) is 0.703. The largest absolute Gasteiger partial charge is 0.493 e. The zero-order valence-corrected chi connectivity index (χ0v) is 16.2. The number of likely N-dealkylation sites (tertiary alicyclic amines) is 1. The molecule has 0 N–H and O–H groups in total. The van der Waals surface area contributed by atoms with Gasteiger partial charge in [0.2, 0.25) is 0 Å². The highest BCUT2D eigenvalue weighted by Crippen LogP contribution is 2.39. The summed E-state index contributed by atoms with van der Waals surface area (Å²) in [6.07, 6.45) is 1.73. The summed E-state index contributed by atoms with van der Waals surface area (Å²) in [7, 11) is 2.73. The van der Waals surface area contributed by atoms with Gasteiger partial charge in [-0.15, -0.1) is 0 Å². The maximum absolute atomic E-state index is 13.3. The number of benzene rings is 2. The second kappa shape index (κ2) is 8.36. The van der Waals surface area contributed by atoms with Crippen LogP contribution in [0.3, 0.4) is 0 Å². The number of piperidine rings is 1. The van der Waals surface area contributed by atoms with Crippen molar-refractivity contribution in [2.24, 2.45) is 11.8 Å². The third-order valence-corrected chi connectivity index (χ3v) is 5.53. The van der Waals surface area contributed by atoms with E-state index in [4.69, 9.17) is 20.4 Å². The topological polar surface area (TPSA) is 38.8 Å². The van der Waals surface area contributed by atoms with Crippen LogP contribution in [0.2, 0.25) is 0 Å². The van der Waals surface area contributed by atoms with Crippen LogP contribution in [0.25, 0.3) is 0 Å². The molecule has 0 aromatic heterocycles. The zero-order valence-electron chi connectivity index (χ0n) is 24.2. The number of carbonyl (C=O) groups is 1. The minimum absolute atomic E-state index is 0.0173. The van der Waals surface area contributed by atoms with Gasteiger partial charge in [-0.2, -0.15) is 0 Å². The highest BCUT2D eigenvalue weighted by Gasteiger charge is 2.34. The number of methoxy groups -OCH3 is 2. The molecule has 1 aliphatic heterocycles. The summed E-state index contributed by atoms with van der Waals surface area (Å²) >= 11 is 0.